The second-order valence-corrected chi connectivity index (χ2v) is 7.40. The number of nitrogens with two attached hydrogens (primary N) is 1. The minimum absolute atomic E-state index is 0.000639. The Morgan fingerprint density at radius 1 is 1.00 bits per heavy atom. The average molecular weight is 355 g/mol. The fourth-order valence-electron chi connectivity index (χ4n) is 4.47. The van der Waals surface area contributed by atoms with Gasteiger partial charge in [0.05, 0.1) is 13.0 Å². The molecule has 6 nitrogen and oxygen atoms in total. The fourth-order valence-corrected chi connectivity index (χ4v) is 4.47. The second kappa shape index (κ2) is 6.76. The number of nitrogens with zero attached hydrogens (tertiary/aromatic N) is 2. The Bertz CT molecular complexity index is 722. The molecule has 0 unspecified atom stereocenters. The molecule has 0 radical (unpaired) electrons. The molecule has 1 aromatic rings. The van der Waals surface area contributed by atoms with Crippen LogP contribution in [-0.4, -0.2) is 60.9 Å². The van der Waals surface area contributed by atoms with Crippen LogP contribution in [0.25, 0.3) is 0 Å². The number of carbonyl (C=O) groups is 2. The number of rotatable bonds is 3. The number of hydrogen-bond donors (Lipinski definition) is 1. The monoisotopic (exact) mass is 355 g/mol. The summed E-state index contributed by atoms with van der Waals surface area (Å²) >= 11 is 0. The lowest BCUT2D eigenvalue weighted by atomic mass is 9.88. The molecule has 1 saturated carbocycles. The molecule has 0 aromatic heterocycles. The van der Waals surface area contributed by atoms with Crippen molar-refractivity contribution in [2.75, 3.05) is 33.3 Å². The fraction of sp³-hybridized carbons (Fsp3) is 0.500. The maximum Gasteiger partial charge on any atom is 0.253 e. The van der Waals surface area contributed by atoms with E-state index in [0.29, 0.717) is 43.6 Å². The van der Waals surface area contributed by atoms with E-state index in [1.165, 1.54) is 0 Å². The summed E-state index contributed by atoms with van der Waals surface area (Å²) in [6.07, 6.45) is 5.32. The van der Waals surface area contributed by atoms with Crippen molar-refractivity contribution in [2.24, 2.45) is 23.5 Å². The van der Waals surface area contributed by atoms with Gasteiger partial charge in [-0.05, 0) is 42.5 Å². The number of methoxy groups -OCH3 is 1. The van der Waals surface area contributed by atoms with E-state index in [-0.39, 0.29) is 23.8 Å². The molecular weight excluding hydrogens is 330 g/mol. The highest BCUT2D eigenvalue weighted by Crippen LogP contribution is 2.43. The first-order valence-corrected chi connectivity index (χ1v) is 9.24. The Labute approximate surface area is 153 Å². The Morgan fingerprint density at radius 3 is 2.19 bits per heavy atom. The summed E-state index contributed by atoms with van der Waals surface area (Å²) in [5, 5.41) is 0. The van der Waals surface area contributed by atoms with Gasteiger partial charge >= 0.3 is 0 Å². The lowest BCUT2D eigenvalue weighted by Gasteiger charge is -2.37. The van der Waals surface area contributed by atoms with Crippen LogP contribution in [0.5, 0.6) is 5.75 Å². The maximum atomic E-state index is 12.9. The summed E-state index contributed by atoms with van der Waals surface area (Å²) < 4.78 is 5.13. The molecule has 2 aliphatic carbocycles. The van der Waals surface area contributed by atoms with Gasteiger partial charge in [-0.2, -0.15) is 0 Å². The van der Waals surface area contributed by atoms with E-state index in [1.807, 2.05) is 9.80 Å². The van der Waals surface area contributed by atoms with Crippen molar-refractivity contribution >= 4 is 11.8 Å². The van der Waals surface area contributed by atoms with Gasteiger partial charge in [0.15, 0.2) is 0 Å². The topological polar surface area (TPSA) is 75.9 Å². The molecule has 0 spiro atoms. The van der Waals surface area contributed by atoms with Crippen molar-refractivity contribution < 1.29 is 14.3 Å². The summed E-state index contributed by atoms with van der Waals surface area (Å²) in [4.78, 5) is 29.3. The largest absolute Gasteiger partial charge is 0.497 e. The quantitative estimate of drug-likeness (QED) is 0.825. The third kappa shape index (κ3) is 2.88. The van der Waals surface area contributed by atoms with Crippen LogP contribution >= 0.6 is 0 Å². The van der Waals surface area contributed by atoms with Gasteiger partial charge in [0.2, 0.25) is 5.91 Å². The molecule has 26 heavy (non-hydrogen) atoms. The van der Waals surface area contributed by atoms with Crippen LogP contribution in [0, 0.1) is 17.8 Å². The van der Waals surface area contributed by atoms with Crippen molar-refractivity contribution in [3.05, 3.63) is 42.0 Å². The summed E-state index contributed by atoms with van der Waals surface area (Å²) in [5.41, 5.74) is 6.92. The van der Waals surface area contributed by atoms with Crippen LogP contribution in [0.15, 0.2) is 36.4 Å². The molecule has 6 heteroatoms. The number of benzene rings is 1. The molecule has 4 rings (SSSR count). The van der Waals surface area contributed by atoms with Gasteiger partial charge in [0.25, 0.3) is 5.91 Å². The Hall–Kier alpha value is -2.34. The number of ether oxygens (including phenoxy) is 1. The van der Waals surface area contributed by atoms with Gasteiger partial charge in [0, 0.05) is 37.8 Å². The van der Waals surface area contributed by atoms with E-state index in [0.717, 1.165) is 12.2 Å². The minimum Gasteiger partial charge on any atom is -0.497 e. The van der Waals surface area contributed by atoms with Crippen molar-refractivity contribution in [2.45, 2.75) is 12.5 Å². The molecule has 1 aliphatic heterocycles. The van der Waals surface area contributed by atoms with Gasteiger partial charge in [-0.3, -0.25) is 9.59 Å². The summed E-state index contributed by atoms with van der Waals surface area (Å²) in [6.45, 7) is 2.26. The lowest BCUT2D eigenvalue weighted by molar-refractivity contribution is -0.138. The number of hydrogen-bond acceptors (Lipinski definition) is 4. The highest BCUT2D eigenvalue weighted by atomic mass is 16.5. The van der Waals surface area contributed by atoms with Crippen molar-refractivity contribution in [3.63, 3.8) is 0 Å². The number of allylic oxidation sites excluding steroid dienone is 1. The van der Waals surface area contributed by atoms with Crippen LogP contribution < -0.4 is 10.5 Å². The molecule has 2 fully saturated rings. The average Bonchev–Trinajstić information content (AvgIpc) is 3.28. The van der Waals surface area contributed by atoms with Crippen molar-refractivity contribution in [3.8, 4) is 5.75 Å². The Morgan fingerprint density at radius 2 is 1.62 bits per heavy atom. The van der Waals surface area contributed by atoms with Gasteiger partial charge in [-0.25, -0.2) is 0 Å². The normalized spacial score (nSPS) is 29.9. The highest BCUT2D eigenvalue weighted by molar-refractivity contribution is 5.94. The van der Waals surface area contributed by atoms with E-state index in [1.54, 1.807) is 31.4 Å². The minimum atomic E-state index is -0.0890. The number of piperazine rings is 1. The number of fused-ring (bicyclic) bond motifs is 2. The highest BCUT2D eigenvalue weighted by Gasteiger charge is 2.47. The Kier molecular flexibility index (Phi) is 4.44. The summed E-state index contributed by atoms with van der Waals surface area (Å²) in [6, 6.07) is 7.07. The molecule has 3 aliphatic rings. The van der Waals surface area contributed by atoms with E-state index < -0.39 is 0 Å². The van der Waals surface area contributed by atoms with Gasteiger partial charge in [-0.15, -0.1) is 0 Å². The molecule has 2 N–H and O–H groups in total. The lowest BCUT2D eigenvalue weighted by Crippen LogP contribution is -2.54. The predicted octanol–water partition coefficient (Wildman–Crippen LogP) is 1.13. The zero-order valence-corrected chi connectivity index (χ0v) is 15.0. The van der Waals surface area contributed by atoms with Gasteiger partial charge in [0.1, 0.15) is 5.75 Å². The SMILES string of the molecule is COc1ccc(C(=O)N2CCN(C(=O)[C@@H]3[C@H](N)[C@@H]4C=C[C@H]3C4)CC2)cc1. The molecule has 2 bridgehead atoms. The first-order chi connectivity index (χ1) is 12.6. The van der Waals surface area contributed by atoms with Crippen molar-refractivity contribution in [1.29, 1.82) is 0 Å². The molecule has 138 valence electrons. The second-order valence-electron chi connectivity index (χ2n) is 7.40. The Balaban J connectivity index is 1.35. The first-order valence-electron chi connectivity index (χ1n) is 9.24. The van der Waals surface area contributed by atoms with Crippen molar-refractivity contribution in [1.82, 2.24) is 9.80 Å². The molecule has 1 heterocycles. The zero-order chi connectivity index (χ0) is 18.3. The van der Waals surface area contributed by atoms with Crippen LogP contribution in [-0.2, 0) is 4.79 Å². The van der Waals surface area contributed by atoms with E-state index in [4.69, 9.17) is 10.5 Å². The molecule has 4 atom stereocenters. The van der Waals surface area contributed by atoms with E-state index in [2.05, 4.69) is 12.2 Å². The van der Waals surface area contributed by atoms with Crippen LogP contribution in [0.1, 0.15) is 16.8 Å². The third-order valence-corrected chi connectivity index (χ3v) is 6.02. The van der Waals surface area contributed by atoms with E-state index >= 15 is 0 Å². The predicted molar refractivity (Wildman–Crippen MR) is 97.7 cm³/mol. The molecule has 1 aromatic carbocycles. The molecule has 2 amide bonds. The third-order valence-electron chi connectivity index (χ3n) is 6.02. The molecular formula is C20H25N3O3. The van der Waals surface area contributed by atoms with Crippen LogP contribution in [0.4, 0.5) is 0 Å². The zero-order valence-electron chi connectivity index (χ0n) is 15.0. The van der Waals surface area contributed by atoms with Crippen LogP contribution in [0.2, 0.25) is 0 Å². The maximum absolute atomic E-state index is 12.9. The number of amides is 2. The van der Waals surface area contributed by atoms with Crippen LogP contribution in [0.3, 0.4) is 0 Å². The summed E-state index contributed by atoms with van der Waals surface area (Å²) in [7, 11) is 1.60. The van der Waals surface area contributed by atoms with E-state index in [9.17, 15) is 9.59 Å². The standard InChI is InChI=1S/C20H25N3O3/c1-26-16-6-4-13(5-7-16)19(24)22-8-10-23(11-9-22)20(25)17-14-2-3-15(12-14)18(17)21/h2-7,14-15,17-18H,8-12,21H2,1H3/t14-,15+,17-,18+/m0/s1. The number of carbonyl (C=O) groups excluding carboxylic acids is 2. The van der Waals surface area contributed by atoms with Gasteiger partial charge in [-0.1, -0.05) is 12.2 Å². The first kappa shape index (κ1) is 17.1. The van der Waals surface area contributed by atoms with Gasteiger partial charge < -0.3 is 20.3 Å². The molecule has 1 saturated heterocycles. The summed E-state index contributed by atoms with van der Waals surface area (Å²) in [5.74, 6) is 1.45. The smallest absolute Gasteiger partial charge is 0.253 e.